The van der Waals surface area contributed by atoms with Crippen molar-refractivity contribution < 1.29 is 9.53 Å². The third-order valence-corrected chi connectivity index (χ3v) is 4.23. The van der Waals surface area contributed by atoms with Crippen molar-refractivity contribution in [2.24, 2.45) is 0 Å². The summed E-state index contributed by atoms with van der Waals surface area (Å²) in [7, 11) is 1.64. The number of ether oxygens (including phenoxy) is 1. The van der Waals surface area contributed by atoms with Crippen LogP contribution in [0.25, 0.3) is 0 Å². The van der Waals surface area contributed by atoms with Crippen molar-refractivity contribution >= 4 is 5.91 Å². The predicted molar refractivity (Wildman–Crippen MR) is 100 cm³/mol. The maximum absolute atomic E-state index is 13.1. The van der Waals surface area contributed by atoms with Crippen LogP contribution in [-0.2, 0) is 0 Å². The Morgan fingerprint density at radius 3 is 2.42 bits per heavy atom. The van der Waals surface area contributed by atoms with Gasteiger partial charge in [-0.15, -0.1) is 0 Å². The number of aromatic nitrogens is 2. The van der Waals surface area contributed by atoms with E-state index >= 15 is 0 Å². The minimum atomic E-state index is -0.255. The molecule has 0 unspecified atom stereocenters. The van der Waals surface area contributed by atoms with Gasteiger partial charge in [0.05, 0.1) is 13.2 Å². The van der Waals surface area contributed by atoms with Gasteiger partial charge in [0.1, 0.15) is 11.4 Å². The minimum Gasteiger partial charge on any atom is -0.497 e. The van der Waals surface area contributed by atoms with Gasteiger partial charge in [-0.2, -0.15) is 0 Å². The number of amides is 1. The van der Waals surface area contributed by atoms with Crippen LogP contribution in [0.2, 0.25) is 0 Å². The average molecular weight is 347 g/mol. The van der Waals surface area contributed by atoms with Gasteiger partial charge in [-0.3, -0.25) is 14.8 Å². The highest BCUT2D eigenvalue weighted by atomic mass is 16.5. The van der Waals surface area contributed by atoms with Gasteiger partial charge in [0.15, 0.2) is 0 Å². The first-order chi connectivity index (χ1) is 12.7. The second kappa shape index (κ2) is 8.25. The fourth-order valence-electron chi connectivity index (χ4n) is 2.96. The van der Waals surface area contributed by atoms with Crippen LogP contribution >= 0.6 is 0 Å². The molecule has 132 valence electrons. The lowest BCUT2D eigenvalue weighted by Gasteiger charge is -2.31. The quantitative estimate of drug-likeness (QED) is 0.682. The maximum atomic E-state index is 13.1. The number of carbonyl (C=O) groups is 1. The lowest BCUT2D eigenvalue weighted by Crippen LogP contribution is -2.36. The molecule has 0 aliphatic heterocycles. The maximum Gasteiger partial charge on any atom is 0.273 e. The molecule has 0 spiro atoms. The van der Waals surface area contributed by atoms with Crippen molar-refractivity contribution in [2.45, 2.75) is 13.0 Å². The Labute approximate surface area is 153 Å². The van der Waals surface area contributed by atoms with Gasteiger partial charge in [-0.1, -0.05) is 24.3 Å². The molecule has 26 heavy (non-hydrogen) atoms. The number of methoxy groups -OCH3 is 1. The smallest absolute Gasteiger partial charge is 0.273 e. The topological polar surface area (TPSA) is 55.3 Å². The molecule has 0 saturated carbocycles. The largest absolute Gasteiger partial charge is 0.497 e. The summed E-state index contributed by atoms with van der Waals surface area (Å²) < 4.78 is 5.26. The molecule has 0 aliphatic carbocycles. The van der Waals surface area contributed by atoms with Crippen LogP contribution < -0.4 is 4.74 Å². The fraction of sp³-hybridized carbons (Fsp3) is 0.190. The number of hydrogen-bond donors (Lipinski definition) is 0. The number of benzene rings is 1. The van der Waals surface area contributed by atoms with Gasteiger partial charge in [0.25, 0.3) is 5.91 Å². The van der Waals surface area contributed by atoms with Crippen LogP contribution in [0.4, 0.5) is 0 Å². The molecule has 3 aromatic rings. The predicted octanol–water partition coefficient (Wildman–Crippen LogP) is 3.74. The molecule has 1 atom stereocenters. The van der Waals surface area contributed by atoms with E-state index in [-0.39, 0.29) is 11.9 Å². The van der Waals surface area contributed by atoms with E-state index in [0.717, 1.165) is 16.9 Å². The molecule has 2 heterocycles. The van der Waals surface area contributed by atoms with Crippen LogP contribution in [-0.4, -0.2) is 34.4 Å². The standard InChI is InChI=1S/C21H21N3O2/c1-3-24(21(25)19-8-4-5-14-23-19)20(17-7-6-13-22-15-17)16-9-11-18(26-2)12-10-16/h4-15,20H,3H2,1-2H3/t20-/m1/s1. The van der Waals surface area contributed by atoms with E-state index in [4.69, 9.17) is 4.74 Å². The van der Waals surface area contributed by atoms with Crippen molar-refractivity contribution in [2.75, 3.05) is 13.7 Å². The Morgan fingerprint density at radius 1 is 1.04 bits per heavy atom. The number of rotatable bonds is 6. The second-order valence-corrected chi connectivity index (χ2v) is 5.77. The lowest BCUT2D eigenvalue weighted by atomic mass is 9.97. The van der Waals surface area contributed by atoms with E-state index in [0.29, 0.717) is 12.2 Å². The van der Waals surface area contributed by atoms with Crippen LogP contribution in [0, 0.1) is 0 Å². The Hall–Kier alpha value is -3.21. The van der Waals surface area contributed by atoms with Crippen molar-refractivity contribution in [3.63, 3.8) is 0 Å². The van der Waals surface area contributed by atoms with E-state index in [9.17, 15) is 4.79 Å². The SMILES string of the molecule is CCN(C(=O)c1ccccn1)[C@H](c1ccc(OC)cc1)c1cccnc1. The lowest BCUT2D eigenvalue weighted by molar-refractivity contribution is 0.0711. The summed E-state index contributed by atoms with van der Waals surface area (Å²) in [6, 6.07) is 16.7. The zero-order chi connectivity index (χ0) is 18.4. The monoisotopic (exact) mass is 347 g/mol. The first-order valence-corrected chi connectivity index (χ1v) is 8.50. The summed E-state index contributed by atoms with van der Waals surface area (Å²) in [6.45, 7) is 2.51. The highest BCUT2D eigenvalue weighted by Gasteiger charge is 2.27. The third-order valence-electron chi connectivity index (χ3n) is 4.23. The molecule has 2 aromatic heterocycles. The molecular weight excluding hydrogens is 326 g/mol. The zero-order valence-electron chi connectivity index (χ0n) is 14.9. The highest BCUT2D eigenvalue weighted by molar-refractivity contribution is 5.92. The summed E-state index contributed by atoms with van der Waals surface area (Å²) in [5.74, 6) is 0.663. The number of hydrogen-bond acceptors (Lipinski definition) is 4. The first-order valence-electron chi connectivity index (χ1n) is 8.50. The van der Waals surface area contributed by atoms with Crippen molar-refractivity contribution in [3.05, 3.63) is 90.0 Å². The van der Waals surface area contributed by atoms with E-state index in [1.807, 2.05) is 49.4 Å². The Balaban J connectivity index is 2.04. The van der Waals surface area contributed by atoms with Crippen molar-refractivity contribution in [1.82, 2.24) is 14.9 Å². The molecule has 5 heteroatoms. The van der Waals surface area contributed by atoms with Gasteiger partial charge in [-0.25, -0.2) is 0 Å². The molecule has 0 radical (unpaired) electrons. The normalized spacial score (nSPS) is 11.6. The summed E-state index contributed by atoms with van der Waals surface area (Å²) >= 11 is 0. The van der Waals surface area contributed by atoms with Gasteiger partial charge in [0, 0.05) is 25.1 Å². The van der Waals surface area contributed by atoms with E-state index in [2.05, 4.69) is 9.97 Å². The molecular formula is C21H21N3O2. The summed E-state index contributed by atoms with van der Waals surface area (Å²) in [6.07, 6.45) is 5.15. The average Bonchev–Trinajstić information content (AvgIpc) is 2.73. The number of carbonyl (C=O) groups excluding carboxylic acids is 1. The van der Waals surface area contributed by atoms with Crippen molar-refractivity contribution in [3.8, 4) is 5.75 Å². The summed E-state index contributed by atoms with van der Waals surface area (Å²) in [5.41, 5.74) is 2.37. The number of nitrogens with zero attached hydrogens (tertiary/aromatic N) is 3. The Morgan fingerprint density at radius 2 is 1.85 bits per heavy atom. The Kier molecular flexibility index (Phi) is 5.59. The minimum absolute atomic E-state index is 0.113. The van der Waals surface area contributed by atoms with E-state index in [1.54, 1.807) is 42.7 Å². The molecule has 3 rings (SSSR count). The fourth-order valence-corrected chi connectivity index (χ4v) is 2.96. The molecule has 0 N–H and O–H groups in total. The van der Waals surface area contributed by atoms with Gasteiger partial charge < -0.3 is 9.64 Å². The summed E-state index contributed by atoms with van der Waals surface area (Å²) in [5, 5.41) is 0. The van der Waals surface area contributed by atoms with E-state index in [1.165, 1.54) is 0 Å². The highest BCUT2D eigenvalue weighted by Crippen LogP contribution is 2.30. The third kappa shape index (κ3) is 3.72. The number of pyridine rings is 2. The molecule has 0 bridgehead atoms. The Bertz CT molecular complexity index is 836. The van der Waals surface area contributed by atoms with E-state index < -0.39 is 0 Å². The molecule has 5 nitrogen and oxygen atoms in total. The first kappa shape index (κ1) is 17.6. The van der Waals surface area contributed by atoms with Crippen LogP contribution in [0.15, 0.2) is 73.2 Å². The molecule has 0 fully saturated rings. The van der Waals surface area contributed by atoms with Gasteiger partial charge in [-0.05, 0) is 48.4 Å². The van der Waals surface area contributed by atoms with Gasteiger partial charge in [0.2, 0.25) is 0 Å². The van der Waals surface area contributed by atoms with Crippen LogP contribution in [0.5, 0.6) is 5.75 Å². The van der Waals surface area contributed by atoms with Gasteiger partial charge >= 0.3 is 0 Å². The molecule has 0 aliphatic rings. The zero-order valence-corrected chi connectivity index (χ0v) is 14.9. The second-order valence-electron chi connectivity index (χ2n) is 5.77. The molecule has 1 amide bonds. The van der Waals surface area contributed by atoms with Crippen LogP contribution in [0.1, 0.15) is 34.6 Å². The summed E-state index contributed by atoms with van der Waals surface area (Å²) in [4.78, 5) is 23.4. The van der Waals surface area contributed by atoms with Crippen molar-refractivity contribution in [1.29, 1.82) is 0 Å². The molecule has 1 aromatic carbocycles. The van der Waals surface area contributed by atoms with Crippen LogP contribution in [0.3, 0.4) is 0 Å². The molecule has 0 saturated heterocycles.